The summed E-state index contributed by atoms with van der Waals surface area (Å²) in [4.78, 5) is 10.1. The summed E-state index contributed by atoms with van der Waals surface area (Å²) in [6.07, 6.45) is 3.56. The molecule has 2 aromatic rings. The maximum Gasteiger partial charge on any atom is 0.269 e. The molecule has 0 spiro atoms. The molecule has 0 bridgehead atoms. The lowest BCUT2D eigenvalue weighted by Gasteiger charge is -2.01. The monoisotopic (exact) mass is 251 g/mol. The van der Waals surface area contributed by atoms with E-state index in [0.717, 1.165) is 11.1 Å². The smallest absolute Gasteiger partial charge is 0.268 e. The number of halogens is 1. The molecule has 0 amide bonds. The molecule has 5 nitrogen and oxygen atoms in total. The molecular formula is C11H10ClN3O2. The highest BCUT2D eigenvalue weighted by atomic mass is 35.5. The zero-order chi connectivity index (χ0) is 12.3. The van der Waals surface area contributed by atoms with E-state index in [-0.39, 0.29) is 5.69 Å². The minimum atomic E-state index is -0.413. The summed E-state index contributed by atoms with van der Waals surface area (Å²) < 4.78 is 1.75. The van der Waals surface area contributed by atoms with Gasteiger partial charge in [-0.05, 0) is 5.56 Å². The van der Waals surface area contributed by atoms with Crippen molar-refractivity contribution in [3.63, 3.8) is 0 Å². The van der Waals surface area contributed by atoms with Crippen molar-refractivity contribution in [1.82, 2.24) is 9.78 Å². The van der Waals surface area contributed by atoms with E-state index in [1.54, 1.807) is 23.0 Å². The highest BCUT2D eigenvalue weighted by molar-refractivity contribution is 6.17. The molecule has 0 saturated heterocycles. The van der Waals surface area contributed by atoms with Crippen molar-refractivity contribution >= 4 is 17.3 Å². The second kappa shape index (κ2) is 4.97. The van der Waals surface area contributed by atoms with Crippen LogP contribution in [0.2, 0.25) is 0 Å². The van der Waals surface area contributed by atoms with Crippen molar-refractivity contribution in [3.8, 4) is 0 Å². The largest absolute Gasteiger partial charge is 0.269 e. The van der Waals surface area contributed by atoms with E-state index in [0.29, 0.717) is 12.4 Å². The van der Waals surface area contributed by atoms with Crippen LogP contribution in [0, 0.1) is 10.1 Å². The van der Waals surface area contributed by atoms with Crippen LogP contribution in [0.15, 0.2) is 36.7 Å². The van der Waals surface area contributed by atoms with Crippen LogP contribution in [0.25, 0.3) is 0 Å². The van der Waals surface area contributed by atoms with Gasteiger partial charge in [0.15, 0.2) is 0 Å². The van der Waals surface area contributed by atoms with Crippen molar-refractivity contribution in [2.24, 2.45) is 0 Å². The molecule has 6 heteroatoms. The second-order valence-electron chi connectivity index (χ2n) is 3.60. The van der Waals surface area contributed by atoms with E-state index in [1.807, 2.05) is 6.20 Å². The summed E-state index contributed by atoms with van der Waals surface area (Å²) in [5.74, 6) is 0.431. The van der Waals surface area contributed by atoms with Crippen LogP contribution in [0.1, 0.15) is 11.1 Å². The fourth-order valence-corrected chi connectivity index (χ4v) is 1.61. The predicted octanol–water partition coefficient (Wildman–Crippen LogP) is 2.58. The third-order valence-corrected chi connectivity index (χ3v) is 2.64. The summed E-state index contributed by atoms with van der Waals surface area (Å²) in [7, 11) is 0. The van der Waals surface area contributed by atoms with E-state index >= 15 is 0 Å². The van der Waals surface area contributed by atoms with Crippen LogP contribution < -0.4 is 0 Å². The zero-order valence-electron chi connectivity index (χ0n) is 8.91. The Hall–Kier alpha value is -1.88. The topological polar surface area (TPSA) is 61.0 Å². The van der Waals surface area contributed by atoms with Gasteiger partial charge in [0.05, 0.1) is 23.5 Å². The molecule has 1 heterocycles. The fraction of sp³-hybridized carbons (Fsp3) is 0.182. The van der Waals surface area contributed by atoms with Gasteiger partial charge >= 0.3 is 0 Å². The van der Waals surface area contributed by atoms with E-state index < -0.39 is 4.92 Å². The van der Waals surface area contributed by atoms with E-state index in [9.17, 15) is 10.1 Å². The summed E-state index contributed by atoms with van der Waals surface area (Å²) >= 11 is 5.67. The Morgan fingerprint density at radius 3 is 2.53 bits per heavy atom. The van der Waals surface area contributed by atoms with Gasteiger partial charge in [0.25, 0.3) is 5.69 Å². The van der Waals surface area contributed by atoms with E-state index in [1.165, 1.54) is 12.1 Å². The molecule has 1 aromatic carbocycles. The molecule has 17 heavy (non-hydrogen) atoms. The first-order chi connectivity index (χ1) is 8.19. The number of nitro groups is 1. The average Bonchev–Trinajstić information content (AvgIpc) is 2.77. The lowest BCUT2D eigenvalue weighted by atomic mass is 10.2. The molecule has 0 aliphatic heterocycles. The Morgan fingerprint density at radius 1 is 1.29 bits per heavy atom. The maximum atomic E-state index is 10.5. The van der Waals surface area contributed by atoms with E-state index in [4.69, 9.17) is 11.6 Å². The first-order valence-electron chi connectivity index (χ1n) is 4.99. The maximum absolute atomic E-state index is 10.5. The van der Waals surface area contributed by atoms with Gasteiger partial charge in [0.2, 0.25) is 0 Å². The van der Waals surface area contributed by atoms with Gasteiger partial charge in [-0.2, -0.15) is 5.10 Å². The summed E-state index contributed by atoms with van der Waals surface area (Å²) in [6, 6.07) is 6.42. The number of benzene rings is 1. The van der Waals surface area contributed by atoms with Crippen molar-refractivity contribution in [2.45, 2.75) is 12.4 Å². The number of hydrogen-bond acceptors (Lipinski definition) is 3. The molecular weight excluding hydrogens is 242 g/mol. The third-order valence-electron chi connectivity index (χ3n) is 2.33. The second-order valence-corrected chi connectivity index (χ2v) is 3.87. The minimum Gasteiger partial charge on any atom is -0.268 e. The molecule has 0 aliphatic rings. The molecule has 1 aromatic heterocycles. The Labute approximate surface area is 103 Å². The fourth-order valence-electron chi connectivity index (χ4n) is 1.47. The van der Waals surface area contributed by atoms with Gasteiger partial charge in [0, 0.05) is 23.9 Å². The van der Waals surface area contributed by atoms with Gasteiger partial charge in [-0.25, -0.2) is 0 Å². The number of alkyl halides is 1. The molecule has 0 radical (unpaired) electrons. The highest BCUT2D eigenvalue weighted by Crippen LogP contribution is 2.13. The van der Waals surface area contributed by atoms with Crippen LogP contribution >= 0.6 is 11.6 Å². The molecule has 0 N–H and O–H groups in total. The Morgan fingerprint density at radius 2 is 2.00 bits per heavy atom. The average molecular weight is 252 g/mol. The molecule has 0 unspecified atom stereocenters. The minimum absolute atomic E-state index is 0.0932. The standard InChI is InChI=1S/C11H10ClN3O2/c12-5-10-6-13-14(8-10)7-9-1-3-11(4-2-9)15(16)17/h1-4,6,8H,5,7H2. The van der Waals surface area contributed by atoms with Crippen molar-refractivity contribution < 1.29 is 4.92 Å². The van der Waals surface area contributed by atoms with Crippen LogP contribution in [-0.2, 0) is 12.4 Å². The highest BCUT2D eigenvalue weighted by Gasteiger charge is 2.04. The third kappa shape index (κ3) is 2.82. The van der Waals surface area contributed by atoms with Crippen LogP contribution in [0.3, 0.4) is 0 Å². The van der Waals surface area contributed by atoms with Gasteiger partial charge in [0.1, 0.15) is 0 Å². The van der Waals surface area contributed by atoms with Crippen LogP contribution in [0.4, 0.5) is 5.69 Å². The van der Waals surface area contributed by atoms with Crippen molar-refractivity contribution in [3.05, 3.63) is 57.9 Å². The quantitative estimate of drug-likeness (QED) is 0.477. The molecule has 0 aliphatic carbocycles. The first-order valence-corrected chi connectivity index (χ1v) is 5.53. The van der Waals surface area contributed by atoms with Crippen LogP contribution in [0.5, 0.6) is 0 Å². The number of nitro benzene ring substituents is 1. The molecule has 88 valence electrons. The first kappa shape index (κ1) is 11.6. The van der Waals surface area contributed by atoms with Crippen LogP contribution in [-0.4, -0.2) is 14.7 Å². The van der Waals surface area contributed by atoms with Gasteiger partial charge in [-0.1, -0.05) is 12.1 Å². The van der Waals surface area contributed by atoms with Gasteiger partial charge < -0.3 is 0 Å². The normalized spacial score (nSPS) is 10.4. The Balaban J connectivity index is 2.10. The summed E-state index contributed by atoms with van der Waals surface area (Å²) in [5, 5.41) is 14.6. The van der Waals surface area contributed by atoms with E-state index in [2.05, 4.69) is 5.10 Å². The van der Waals surface area contributed by atoms with Crippen molar-refractivity contribution in [2.75, 3.05) is 0 Å². The molecule has 2 rings (SSSR count). The van der Waals surface area contributed by atoms with Crippen molar-refractivity contribution in [1.29, 1.82) is 0 Å². The number of non-ortho nitro benzene ring substituents is 1. The number of rotatable bonds is 4. The SMILES string of the molecule is O=[N+]([O-])c1ccc(Cn2cc(CCl)cn2)cc1. The van der Waals surface area contributed by atoms with Gasteiger partial charge in [-0.3, -0.25) is 14.8 Å². The zero-order valence-corrected chi connectivity index (χ0v) is 9.67. The Kier molecular flexibility index (Phi) is 3.39. The Bertz CT molecular complexity index is 522. The van der Waals surface area contributed by atoms with Gasteiger partial charge in [-0.15, -0.1) is 11.6 Å². The predicted molar refractivity (Wildman–Crippen MR) is 64.0 cm³/mol. The number of aromatic nitrogens is 2. The molecule has 0 saturated carbocycles. The number of nitrogens with zero attached hydrogens (tertiary/aromatic N) is 3. The number of hydrogen-bond donors (Lipinski definition) is 0. The summed E-state index contributed by atoms with van der Waals surface area (Å²) in [6.45, 7) is 0.578. The lowest BCUT2D eigenvalue weighted by Crippen LogP contribution is -1.99. The summed E-state index contributed by atoms with van der Waals surface area (Å²) in [5.41, 5.74) is 2.00. The lowest BCUT2D eigenvalue weighted by molar-refractivity contribution is -0.384. The molecule has 0 fully saturated rings. The molecule has 0 atom stereocenters.